The van der Waals surface area contributed by atoms with E-state index < -0.39 is 85.1 Å². The molecule has 0 aliphatic carbocycles. The SMILES string of the molecule is Oc1cc(O)c(O)c(-c2c(O)c(O)c(O)c3c(O)c(O)c(O)c(O)c23)c1O. The number of hydrogen-bond acceptors (Lipinski definition) is 11. The second kappa shape index (κ2) is 5.36. The number of fused-ring (bicyclic) bond motifs is 1. The molecule has 0 aromatic heterocycles. The average Bonchev–Trinajstić information content (AvgIpc) is 2.62. The van der Waals surface area contributed by atoms with Crippen LogP contribution in [0.1, 0.15) is 0 Å². The summed E-state index contributed by atoms with van der Waals surface area (Å²) in [6, 6.07) is 0.550. The van der Waals surface area contributed by atoms with Gasteiger partial charge in [0.2, 0.25) is 17.2 Å². The van der Waals surface area contributed by atoms with E-state index in [-0.39, 0.29) is 0 Å². The van der Waals surface area contributed by atoms with Crippen LogP contribution in [0.15, 0.2) is 6.07 Å². The zero-order chi connectivity index (χ0) is 20.4. The Hall–Kier alpha value is -4.28. The van der Waals surface area contributed by atoms with Crippen LogP contribution in [0.4, 0.5) is 0 Å². The Morgan fingerprint density at radius 2 is 0.704 bits per heavy atom. The van der Waals surface area contributed by atoms with E-state index in [1.807, 2.05) is 0 Å². The fourth-order valence-electron chi connectivity index (χ4n) is 2.75. The second-order valence-corrected chi connectivity index (χ2v) is 5.55. The van der Waals surface area contributed by atoms with Crippen molar-refractivity contribution in [2.75, 3.05) is 0 Å². The molecule has 3 aromatic carbocycles. The second-order valence-electron chi connectivity index (χ2n) is 5.55. The minimum absolute atomic E-state index is 0.550. The van der Waals surface area contributed by atoms with Crippen molar-refractivity contribution in [1.82, 2.24) is 0 Å². The molecule has 11 heteroatoms. The molecule has 0 amide bonds. The quantitative estimate of drug-likeness (QED) is 0.213. The van der Waals surface area contributed by atoms with E-state index in [4.69, 9.17) is 0 Å². The van der Waals surface area contributed by atoms with E-state index in [1.165, 1.54) is 0 Å². The minimum Gasteiger partial charge on any atom is -0.504 e. The van der Waals surface area contributed by atoms with Gasteiger partial charge < -0.3 is 56.2 Å². The predicted molar refractivity (Wildman–Crippen MR) is 87.7 cm³/mol. The highest BCUT2D eigenvalue weighted by Crippen LogP contribution is 2.62. The molecule has 142 valence electrons. The predicted octanol–water partition coefficient (Wildman–Crippen LogP) is 1.27. The lowest BCUT2D eigenvalue weighted by atomic mass is 9.92. The van der Waals surface area contributed by atoms with E-state index in [2.05, 4.69) is 0 Å². The molecule has 0 fully saturated rings. The monoisotopic (exact) mass is 380 g/mol. The maximum Gasteiger partial charge on any atom is 0.205 e. The van der Waals surface area contributed by atoms with E-state index in [0.29, 0.717) is 6.07 Å². The largest absolute Gasteiger partial charge is 0.504 e. The van der Waals surface area contributed by atoms with Crippen molar-refractivity contribution in [1.29, 1.82) is 0 Å². The lowest BCUT2D eigenvalue weighted by Crippen LogP contribution is -1.90. The first-order chi connectivity index (χ1) is 12.5. The molecule has 27 heavy (non-hydrogen) atoms. The van der Waals surface area contributed by atoms with Crippen LogP contribution in [-0.2, 0) is 0 Å². The van der Waals surface area contributed by atoms with Crippen LogP contribution >= 0.6 is 0 Å². The van der Waals surface area contributed by atoms with Gasteiger partial charge in [-0.15, -0.1) is 0 Å². The molecule has 11 nitrogen and oxygen atoms in total. The van der Waals surface area contributed by atoms with Crippen molar-refractivity contribution in [3.05, 3.63) is 6.07 Å². The number of rotatable bonds is 1. The molecule has 0 unspecified atom stereocenters. The Morgan fingerprint density at radius 3 is 1.15 bits per heavy atom. The smallest absolute Gasteiger partial charge is 0.205 e. The van der Waals surface area contributed by atoms with Crippen LogP contribution in [0.25, 0.3) is 21.9 Å². The average molecular weight is 380 g/mol. The van der Waals surface area contributed by atoms with Gasteiger partial charge in [-0.1, -0.05) is 0 Å². The first kappa shape index (κ1) is 17.5. The highest BCUT2D eigenvalue weighted by Gasteiger charge is 2.32. The van der Waals surface area contributed by atoms with Crippen molar-refractivity contribution in [2.24, 2.45) is 0 Å². The lowest BCUT2D eigenvalue weighted by Gasteiger charge is -2.18. The summed E-state index contributed by atoms with van der Waals surface area (Å²) in [5, 5.41) is 107. The van der Waals surface area contributed by atoms with Gasteiger partial charge in [-0.25, -0.2) is 0 Å². The number of phenolic OH excluding ortho intramolecular Hbond substituents is 11. The Bertz CT molecular complexity index is 1100. The maximum atomic E-state index is 10.2. The van der Waals surface area contributed by atoms with Gasteiger partial charge in [-0.05, 0) is 0 Å². The van der Waals surface area contributed by atoms with Crippen molar-refractivity contribution in [3.63, 3.8) is 0 Å². The molecule has 3 aromatic rings. The molecule has 0 atom stereocenters. The lowest BCUT2D eigenvalue weighted by molar-refractivity contribution is 0.346. The summed E-state index contributed by atoms with van der Waals surface area (Å²) < 4.78 is 0. The molecule has 11 N–H and O–H groups in total. The van der Waals surface area contributed by atoms with Gasteiger partial charge in [0.1, 0.15) is 0 Å². The molecule has 0 saturated carbocycles. The fourth-order valence-corrected chi connectivity index (χ4v) is 2.75. The van der Waals surface area contributed by atoms with Crippen LogP contribution in [0.5, 0.6) is 63.2 Å². The third-order valence-electron chi connectivity index (χ3n) is 4.05. The number of hydrogen-bond donors (Lipinski definition) is 11. The minimum atomic E-state index is -1.31. The molecule has 0 saturated heterocycles. The normalized spacial score (nSPS) is 11.1. The summed E-state index contributed by atoms with van der Waals surface area (Å²) in [6.45, 7) is 0. The van der Waals surface area contributed by atoms with Crippen molar-refractivity contribution in [3.8, 4) is 74.4 Å². The van der Waals surface area contributed by atoms with Gasteiger partial charge >= 0.3 is 0 Å². The van der Waals surface area contributed by atoms with Gasteiger partial charge in [0.05, 0.1) is 10.9 Å². The molecule has 0 spiro atoms. The number of aromatic hydroxyl groups is 11. The first-order valence-electron chi connectivity index (χ1n) is 7.04. The molecular formula is C16H12O11. The third-order valence-corrected chi connectivity index (χ3v) is 4.05. The molecule has 0 aliphatic heterocycles. The third kappa shape index (κ3) is 2.08. The fraction of sp³-hybridized carbons (Fsp3) is 0. The van der Waals surface area contributed by atoms with Gasteiger partial charge in [-0.3, -0.25) is 0 Å². The standard InChI is InChI=1S/C16H12O11/c17-2-1-3(18)9(20)6(8(2)19)4-5-7(12(23)14(25)10(4)21)13(24)16(27)15(26)11(5)22/h1,17-27H. The van der Waals surface area contributed by atoms with Crippen LogP contribution < -0.4 is 0 Å². The van der Waals surface area contributed by atoms with Gasteiger partial charge in [0.25, 0.3) is 0 Å². The maximum absolute atomic E-state index is 10.2. The summed E-state index contributed by atoms with van der Waals surface area (Å²) in [5.41, 5.74) is -1.82. The van der Waals surface area contributed by atoms with E-state index in [9.17, 15) is 56.2 Å². The van der Waals surface area contributed by atoms with Gasteiger partial charge in [0.15, 0.2) is 46.0 Å². The number of benzene rings is 3. The highest BCUT2D eigenvalue weighted by atomic mass is 16.4. The van der Waals surface area contributed by atoms with Gasteiger partial charge in [0, 0.05) is 17.0 Å². The Balaban J connectivity index is 2.73. The first-order valence-corrected chi connectivity index (χ1v) is 7.04. The molecule has 0 aliphatic rings. The Morgan fingerprint density at radius 1 is 0.333 bits per heavy atom. The summed E-state index contributed by atoms with van der Waals surface area (Å²) in [6.07, 6.45) is 0. The van der Waals surface area contributed by atoms with E-state index in [1.54, 1.807) is 0 Å². The summed E-state index contributed by atoms with van der Waals surface area (Å²) in [7, 11) is 0. The van der Waals surface area contributed by atoms with E-state index in [0.717, 1.165) is 0 Å². The summed E-state index contributed by atoms with van der Waals surface area (Å²) in [4.78, 5) is 0. The van der Waals surface area contributed by atoms with Crippen LogP contribution in [-0.4, -0.2) is 56.2 Å². The van der Waals surface area contributed by atoms with Crippen LogP contribution in [0.3, 0.4) is 0 Å². The molecule has 0 heterocycles. The topological polar surface area (TPSA) is 223 Å². The zero-order valence-corrected chi connectivity index (χ0v) is 13.0. The molecule has 3 rings (SSSR count). The summed E-state index contributed by atoms with van der Waals surface area (Å²) >= 11 is 0. The highest BCUT2D eigenvalue weighted by molar-refractivity contribution is 6.14. The van der Waals surface area contributed by atoms with Crippen molar-refractivity contribution >= 4 is 10.8 Å². The molecular weight excluding hydrogens is 368 g/mol. The van der Waals surface area contributed by atoms with Crippen LogP contribution in [0.2, 0.25) is 0 Å². The molecule has 0 radical (unpaired) electrons. The Labute approximate surface area is 148 Å². The Kier molecular flexibility index (Phi) is 3.48. The number of phenols is 11. The van der Waals surface area contributed by atoms with Crippen molar-refractivity contribution < 1.29 is 56.2 Å². The zero-order valence-electron chi connectivity index (χ0n) is 13.0. The van der Waals surface area contributed by atoms with Crippen LogP contribution in [0, 0.1) is 0 Å². The van der Waals surface area contributed by atoms with Crippen molar-refractivity contribution in [2.45, 2.75) is 0 Å². The van der Waals surface area contributed by atoms with Gasteiger partial charge in [-0.2, -0.15) is 0 Å². The summed E-state index contributed by atoms with van der Waals surface area (Å²) in [5.74, 6) is -13.0. The van der Waals surface area contributed by atoms with E-state index >= 15 is 0 Å². The molecule has 0 bridgehead atoms.